The molecule has 0 aliphatic heterocycles. The van der Waals surface area contributed by atoms with E-state index in [9.17, 15) is 13.2 Å². The summed E-state index contributed by atoms with van der Waals surface area (Å²) in [6.07, 6.45) is 0.877. The van der Waals surface area contributed by atoms with Crippen LogP contribution in [0.5, 0.6) is 5.75 Å². The van der Waals surface area contributed by atoms with Crippen molar-refractivity contribution in [2.75, 3.05) is 26.9 Å². The van der Waals surface area contributed by atoms with Crippen LogP contribution in [0.25, 0.3) is 0 Å². The van der Waals surface area contributed by atoms with Gasteiger partial charge in [0.25, 0.3) is 0 Å². The van der Waals surface area contributed by atoms with Crippen molar-refractivity contribution in [3.8, 4) is 5.75 Å². The molecule has 0 saturated carbocycles. The Hall–Kier alpha value is -2.42. The summed E-state index contributed by atoms with van der Waals surface area (Å²) < 4.78 is 39.2. The van der Waals surface area contributed by atoms with Gasteiger partial charge in [0.1, 0.15) is 16.7 Å². The summed E-state index contributed by atoms with van der Waals surface area (Å²) in [5, 5.41) is 2.80. The fourth-order valence-corrected chi connectivity index (χ4v) is 4.38. The molecule has 1 atom stereocenters. The smallest absolute Gasteiger partial charge is 0.244 e. The number of nitrogens with one attached hydrogen (secondary N) is 2. The molecule has 2 aromatic carbocycles. The zero-order chi connectivity index (χ0) is 22.0. The number of benzene rings is 2. The number of sulfonamides is 1. The molecular formula is C22H30N2O5S. The first kappa shape index (κ1) is 23.9. The zero-order valence-corrected chi connectivity index (χ0v) is 18.5. The van der Waals surface area contributed by atoms with Gasteiger partial charge in [0.2, 0.25) is 15.9 Å². The molecule has 0 aromatic heterocycles. The summed E-state index contributed by atoms with van der Waals surface area (Å²) in [5.41, 5.74) is 1.63. The molecule has 0 spiro atoms. The molecule has 0 radical (unpaired) electrons. The molecule has 30 heavy (non-hydrogen) atoms. The van der Waals surface area contributed by atoms with Gasteiger partial charge in [-0.05, 0) is 49.9 Å². The van der Waals surface area contributed by atoms with Crippen molar-refractivity contribution in [3.05, 3.63) is 59.7 Å². The van der Waals surface area contributed by atoms with Gasteiger partial charge in [-0.1, -0.05) is 36.4 Å². The molecular weight excluding hydrogens is 404 g/mol. The van der Waals surface area contributed by atoms with Crippen molar-refractivity contribution in [1.82, 2.24) is 10.0 Å². The summed E-state index contributed by atoms with van der Waals surface area (Å²) >= 11 is 0. The van der Waals surface area contributed by atoms with E-state index >= 15 is 0 Å². The number of carbonyl (C=O) groups is 1. The van der Waals surface area contributed by atoms with E-state index in [4.69, 9.17) is 9.47 Å². The van der Waals surface area contributed by atoms with Crippen molar-refractivity contribution in [3.63, 3.8) is 0 Å². The van der Waals surface area contributed by atoms with Crippen LogP contribution >= 0.6 is 0 Å². The number of hydrogen-bond donors (Lipinski definition) is 2. The molecule has 0 saturated heterocycles. The standard InChI is InChI=1S/C22H30N2O5S/c1-4-29-14-8-13-23-22(25)19(16-18-9-6-5-7-10-18)24-30(26,27)21-15-17(2)11-12-20(21)28-3/h5-7,9-12,15,19,24H,4,8,13-14,16H2,1-3H3,(H,23,25)/t19-/m1/s1. The second-order valence-electron chi connectivity index (χ2n) is 6.86. The van der Waals surface area contributed by atoms with Gasteiger partial charge in [0.15, 0.2) is 0 Å². The minimum atomic E-state index is -3.99. The molecule has 7 nitrogen and oxygen atoms in total. The van der Waals surface area contributed by atoms with Crippen LogP contribution in [0.1, 0.15) is 24.5 Å². The van der Waals surface area contributed by atoms with Crippen LogP contribution < -0.4 is 14.8 Å². The molecule has 2 rings (SSSR count). The van der Waals surface area contributed by atoms with Gasteiger partial charge < -0.3 is 14.8 Å². The lowest BCUT2D eigenvalue weighted by Crippen LogP contribution is -2.48. The van der Waals surface area contributed by atoms with Crippen molar-refractivity contribution in [2.45, 2.75) is 37.6 Å². The SMILES string of the molecule is CCOCCCNC(=O)[C@@H](Cc1ccccc1)NS(=O)(=O)c1cc(C)ccc1OC. The second-order valence-corrected chi connectivity index (χ2v) is 8.54. The number of amides is 1. The van der Waals surface area contributed by atoms with Crippen LogP contribution in [0.15, 0.2) is 53.4 Å². The Morgan fingerprint density at radius 3 is 2.53 bits per heavy atom. The molecule has 2 aromatic rings. The molecule has 0 aliphatic carbocycles. The highest BCUT2D eigenvalue weighted by Gasteiger charge is 2.28. The van der Waals surface area contributed by atoms with Crippen LogP contribution in [0, 0.1) is 6.92 Å². The van der Waals surface area contributed by atoms with Gasteiger partial charge in [-0.25, -0.2) is 8.42 Å². The molecule has 0 aliphatic rings. The summed E-state index contributed by atoms with van der Waals surface area (Å²) in [4.78, 5) is 12.8. The lowest BCUT2D eigenvalue weighted by molar-refractivity contribution is -0.122. The van der Waals surface area contributed by atoms with E-state index in [0.29, 0.717) is 26.2 Å². The number of ether oxygens (including phenoxy) is 2. The average Bonchev–Trinajstić information content (AvgIpc) is 2.73. The highest BCUT2D eigenvalue weighted by molar-refractivity contribution is 7.89. The van der Waals surface area contributed by atoms with E-state index in [1.54, 1.807) is 19.1 Å². The molecule has 1 amide bonds. The molecule has 0 bridgehead atoms. The quantitative estimate of drug-likeness (QED) is 0.501. The minimum Gasteiger partial charge on any atom is -0.495 e. The number of rotatable bonds is 12. The molecule has 2 N–H and O–H groups in total. The van der Waals surface area contributed by atoms with Crippen molar-refractivity contribution in [1.29, 1.82) is 0 Å². The summed E-state index contributed by atoms with van der Waals surface area (Å²) in [7, 11) is -2.58. The maximum absolute atomic E-state index is 13.1. The van der Waals surface area contributed by atoms with Crippen LogP contribution in [0.3, 0.4) is 0 Å². The van der Waals surface area contributed by atoms with Gasteiger partial charge in [-0.15, -0.1) is 0 Å². The normalized spacial score (nSPS) is 12.4. The molecule has 0 unspecified atom stereocenters. The third-order valence-corrected chi connectivity index (χ3v) is 5.97. The Balaban J connectivity index is 2.21. The Labute approximate surface area is 178 Å². The summed E-state index contributed by atoms with van der Waals surface area (Å²) in [5.74, 6) is -0.158. The van der Waals surface area contributed by atoms with Crippen LogP contribution in [0.2, 0.25) is 0 Å². The first-order chi connectivity index (χ1) is 14.4. The van der Waals surface area contributed by atoms with Gasteiger partial charge in [0, 0.05) is 19.8 Å². The van der Waals surface area contributed by atoms with Gasteiger partial charge in [-0.2, -0.15) is 4.72 Å². The number of hydrogen-bond acceptors (Lipinski definition) is 5. The maximum Gasteiger partial charge on any atom is 0.244 e. The molecule has 8 heteroatoms. The third-order valence-electron chi connectivity index (χ3n) is 4.47. The lowest BCUT2D eigenvalue weighted by atomic mass is 10.1. The maximum atomic E-state index is 13.1. The molecule has 0 heterocycles. The second kappa shape index (κ2) is 11.7. The fraction of sp³-hybridized carbons (Fsp3) is 0.409. The Kier molecular flexibility index (Phi) is 9.29. The van der Waals surface area contributed by atoms with Gasteiger partial charge in [-0.3, -0.25) is 4.79 Å². The highest BCUT2D eigenvalue weighted by Crippen LogP contribution is 2.25. The predicted molar refractivity (Wildman–Crippen MR) is 116 cm³/mol. The Morgan fingerprint density at radius 1 is 1.13 bits per heavy atom. The lowest BCUT2D eigenvalue weighted by Gasteiger charge is -2.20. The van der Waals surface area contributed by atoms with E-state index in [-0.39, 0.29) is 23.0 Å². The fourth-order valence-electron chi connectivity index (χ4n) is 2.94. The van der Waals surface area contributed by atoms with E-state index < -0.39 is 16.1 Å². The highest BCUT2D eigenvalue weighted by atomic mass is 32.2. The first-order valence-corrected chi connectivity index (χ1v) is 11.4. The molecule has 164 valence electrons. The minimum absolute atomic E-state index is 0.00667. The van der Waals surface area contributed by atoms with Crippen LogP contribution in [-0.4, -0.2) is 47.2 Å². The van der Waals surface area contributed by atoms with Gasteiger partial charge in [0.05, 0.1) is 7.11 Å². The van der Waals surface area contributed by atoms with E-state index in [1.165, 1.54) is 13.2 Å². The largest absolute Gasteiger partial charge is 0.495 e. The number of aryl methyl sites for hydroxylation is 1. The van der Waals surface area contributed by atoms with Crippen molar-refractivity contribution >= 4 is 15.9 Å². The van der Waals surface area contributed by atoms with Gasteiger partial charge >= 0.3 is 0 Å². The van der Waals surface area contributed by atoms with E-state index in [2.05, 4.69) is 10.0 Å². The van der Waals surface area contributed by atoms with E-state index in [1.807, 2.05) is 37.3 Å². The van der Waals surface area contributed by atoms with Crippen molar-refractivity contribution in [2.24, 2.45) is 0 Å². The first-order valence-electron chi connectivity index (χ1n) is 9.93. The Bertz CT molecular complexity index is 916. The third kappa shape index (κ3) is 7.12. The molecule has 0 fully saturated rings. The monoisotopic (exact) mass is 434 g/mol. The summed E-state index contributed by atoms with van der Waals surface area (Å²) in [6, 6.07) is 13.2. The average molecular weight is 435 g/mol. The van der Waals surface area contributed by atoms with Crippen LogP contribution in [0.4, 0.5) is 0 Å². The zero-order valence-electron chi connectivity index (χ0n) is 17.7. The van der Waals surface area contributed by atoms with Crippen molar-refractivity contribution < 1.29 is 22.7 Å². The van der Waals surface area contributed by atoms with E-state index in [0.717, 1.165) is 11.1 Å². The number of methoxy groups -OCH3 is 1. The topological polar surface area (TPSA) is 93.7 Å². The summed E-state index contributed by atoms with van der Waals surface area (Å²) in [6.45, 7) is 5.25. The van der Waals surface area contributed by atoms with Crippen LogP contribution in [-0.2, 0) is 26.0 Å². The predicted octanol–water partition coefficient (Wildman–Crippen LogP) is 2.44. The number of carbonyl (C=O) groups excluding carboxylic acids is 1. The Morgan fingerprint density at radius 2 is 1.87 bits per heavy atom.